The van der Waals surface area contributed by atoms with Gasteiger partial charge in [0.1, 0.15) is 23.5 Å². The number of rotatable bonds is 10. The lowest BCUT2D eigenvalue weighted by atomic mass is 9.92. The average molecular weight is 657 g/mol. The first-order chi connectivity index (χ1) is 20.6. The van der Waals surface area contributed by atoms with Crippen molar-refractivity contribution >= 4 is 58.7 Å². The van der Waals surface area contributed by atoms with Crippen molar-refractivity contribution in [3.05, 3.63) is 63.1 Å². The van der Waals surface area contributed by atoms with E-state index >= 15 is 0 Å². The maximum absolute atomic E-state index is 14.7. The Balaban J connectivity index is 1.86. The number of anilines is 1. The minimum Gasteiger partial charge on any atom is -0.481 e. The summed E-state index contributed by atoms with van der Waals surface area (Å²) in [7, 11) is 0. The monoisotopic (exact) mass is 656 g/mol. The molecule has 3 rings (SSSR count). The van der Waals surface area contributed by atoms with E-state index in [1.54, 1.807) is 20.8 Å². The van der Waals surface area contributed by atoms with E-state index in [1.165, 1.54) is 35.2 Å². The van der Waals surface area contributed by atoms with Gasteiger partial charge in [0.2, 0.25) is 17.7 Å². The topological polar surface area (TPSA) is 154 Å². The number of alkyl carbamates (subject to hydrolysis) is 1. The fraction of sp³-hybridized carbons (Fsp3) is 0.414. The van der Waals surface area contributed by atoms with Gasteiger partial charge >= 0.3 is 12.1 Å². The molecule has 2 atom stereocenters. The standard InChI is InChI=1S/C29H32Cl2F2N4O7/c1-29(2,3)44-28(43)34-11-10-20(26(41)35-19-7-6-18(30)24(31)25(19)33)36-27(42)21-13-16-12-17(32)5-4-15(16)14-37(21)22(38)8-9-23(39)40/h4-7,12,20-21H,8-11,13-14H2,1-3H3,(H,34,43)(H,35,41)(H,36,42)(H,39,40)/t20?,21-/m0/s1. The predicted octanol–water partition coefficient (Wildman–Crippen LogP) is 4.43. The third-order valence-electron chi connectivity index (χ3n) is 6.50. The largest absolute Gasteiger partial charge is 0.481 e. The van der Waals surface area contributed by atoms with Gasteiger partial charge in [-0.05, 0) is 62.6 Å². The normalized spacial score (nSPS) is 15.1. The number of nitrogens with zero attached hydrogens (tertiary/aromatic N) is 1. The molecule has 2 aromatic rings. The number of carbonyl (C=O) groups excluding carboxylic acids is 4. The van der Waals surface area contributed by atoms with Crippen molar-refractivity contribution in [2.24, 2.45) is 0 Å². The zero-order chi connectivity index (χ0) is 32.8. The molecular weight excluding hydrogens is 625 g/mol. The molecule has 0 aromatic heterocycles. The average Bonchev–Trinajstić information content (AvgIpc) is 2.93. The fourth-order valence-corrected chi connectivity index (χ4v) is 4.73. The summed E-state index contributed by atoms with van der Waals surface area (Å²) in [5.74, 6) is -5.09. The van der Waals surface area contributed by atoms with Gasteiger partial charge in [0.25, 0.3) is 0 Å². The van der Waals surface area contributed by atoms with E-state index in [0.29, 0.717) is 11.1 Å². The number of hydrogen-bond donors (Lipinski definition) is 4. The van der Waals surface area contributed by atoms with Crippen LogP contribution in [0.5, 0.6) is 0 Å². The highest BCUT2D eigenvalue weighted by molar-refractivity contribution is 6.42. The molecule has 4 amide bonds. The van der Waals surface area contributed by atoms with Crippen LogP contribution in [0.1, 0.15) is 51.2 Å². The van der Waals surface area contributed by atoms with Gasteiger partial charge in [0.05, 0.1) is 22.2 Å². The highest BCUT2D eigenvalue weighted by Crippen LogP contribution is 2.30. The number of carboxylic acids is 1. The second-order valence-corrected chi connectivity index (χ2v) is 11.8. The third-order valence-corrected chi connectivity index (χ3v) is 7.28. The van der Waals surface area contributed by atoms with Crippen LogP contribution < -0.4 is 16.0 Å². The van der Waals surface area contributed by atoms with E-state index in [9.17, 15) is 32.8 Å². The molecule has 44 heavy (non-hydrogen) atoms. The molecule has 2 aromatic carbocycles. The Morgan fingerprint density at radius 1 is 1.07 bits per heavy atom. The van der Waals surface area contributed by atoms with Crippen LogP contribution in [0.2, 0.25) is 10.0 Å². The van der Waals surface area contributed by atoms with Gasteiger partial charge in [-0.3, -0.25) is 19.2 Å². The van der Waals surface area contributed by atoms with E-state index in [-0.39, 0.29) is 36.6 Å². The minimum atomic E-state index is -1.38. The molecule has 0 spiro atoms. The lowest BCUT2D eigenvalue weighted by Gasteiger charge is -2.36. The van der Waals surface area contributed by atoms with Crippen molar-refractivity contribution in [1.82, 2.24) is 15.5 Å². The van der Waals surface area contributed by atoms with Crippen LogP contribution >= 0.6 is 23.2 Å². The Hall–Kier alpha value is -3.97. The van der Waals surface area contributed by atoms with E-state index < -0.39 is 77.0 Å². The molecule has 1 aliphatic rings. The molecule has 238 valence electrons. The highest BCUT2D eigenvalue weighted by atomic mass is 35.5. The maximum Gasteiger partial charge on any atom is 0.407 e. The molecule has 0 aliphatic carbocycles. The van der Waals surface area contributed by atoms with E-state index in [2.05, 4.69) is 16.0 Å². The number of nitrogens with one attached hydrogen (secondary N) is 3. The Labute approximate surface area is 262 Å². The Morgan fingerprint density at radius 3 is 2.43 bits per heavy atom. The van der Waals surface area contributed by atoms with Crippen molar-refractivity contribution < 1.29 is 42.6 Å². The number of benzene rings is 2. The van der Waals surface area contributed by atoms with Gasteiger partial charge in [-0.1, -0.05) is 29.3 Å². The maximum atomic E-state index is 14.7. The van der Waals surface area contributed by atoms with Gasteiger partial charge in [-0.2, -0.15) is 0 Å². The van der Waals surface area contributed by atoms with Crippen LogP contribution in [0.4, 0.5) is 19.3 Å². The molecule has 0 bridgehead atoms. The number of fused-ring (bicyclic) bond motifs is 1. The number of carbonyl (C=O) groups is 5. The smallest absolute Gasteiger partial charge is 0.407 e. The number of carboxylic acid groups (broad SMARTS) is 1. The summed E-state index contributed by atoms with van der Waals surface area (Å²) in [6.45, 7) is 4.72. The van der Waals surface area contributed by atoms with Crippen LogP contribution in [0.25, 0.3) is 0 Å². The van der Waals surface area contributed by atoms with E-state index in [0.717, 1.165) is 0 Å². The Bertz CT molecular complexity index is 1450. The van der Waals surface area contributed by atoms with Crippen LogP contribution in [-0.2, 0) is 36.9 Å². The molecule has 1 unspecified atom stereocenters. The van der Waals surface area contributed by atoms with Crippen LogP contribution in [0.15, 0.2) is 30.3 Å². The molecule has 11 nitrogen and oxygen atoms in total. The van der Waals surface area contributed by atoms with Gasteiger partial charge < -0.3 is 30.7 Å². The first-order valence-corrected chi connectivity index (χ1v) is 14.3. The number of halogens is 4. The van der Waals surface area contributed by atoms with Crippen LogP contribution in [0.3, 0.4) is 0 Å². The van der Waals surface area contributed by atoms with Crippen LogP contribution in [0, 0.1) is 11.6 Å². The lowest BCUT2D eigenvalue weighted by Crippen LogP contribution is -2.56. The molecule has 15 heteroatoms. The summed E-state index contributed by atoms with van der Waals surface area (Å²) in [5.41, 5.74) is -0.0901. The summed E-state index contributed by atoms with van der Waals surface area (Å²) >= 11 is 11.7. The molecule has 1 heterocycles. The number of amides is 4. The zero-order valence-electron chi connectivity index (χ0n) is 24.1. The third kappa shape index (κ3) is 9.52. The fourth-order valence-electron chi connectivity index (χ4n) is 4.42. The first kappa shape index (κ1) is 34.5. The molecule has 1 aliphatic heterocycles. The minimum absolute atomic E-state index is 0.0877. The van der Waals surface area contributed by atoms with Crippen molar-refractivity contribution in [3.63, 3.8) is 0 Å². The summed E-state index contributed by atoms with van der Waals surface area (Å²) < 4.78 is 33.9. The van der Waals surface area contributed by atoms with Crippen LogP contribution in [-0.4, -0.2) is 64.0 Å². The first-order valence-electron chi connectivity index (χ1n) is 13.6. The molecule has 0 saturated carbocycles. The quantitative estimate of drug-likeness (QED) is 0.276. The van der Waals surface area contributed by atoms with Gasteiger partial charge in [0.15, 0.2) is 5.82 Å². The summed E-state index contributed by atoms with van der Waals surface area (Å²) in [6.07, 6.45) is -1.96. The van der Waals surface area contributed by atoms with Crippen molar-refractivity contribution in [2.45, 2.75) is 70.7 Å². The molecule has 0 radical (unpaired) electrons. The van der Waals surface area contributed by atoms with Crippen molar-refractivity contribution in [1.29, 1.82) is 0 Å². The molecule has 4 N–H and O–H groups in total. The highest BCUT2D eigenvalue weighted by Gasteiger charge is 2.36. The van der Waals surface area contributed by atoms with Gasteiger partial charge in [-0.25, -0.2) is 13.6 Å². The molecular formula is C29H32Cl2F2N4O7. The summed E-state index contributed by atoms with van der Waals surface area (Å²) in [4.78, 5) is 64.4. The predicted molar refractivity (Wildman–Crippen MR) is 157 cm³/mol. The van der Waals surface area contributed by atoms with Crippen molar-refractivity contribution in [2.75, 3.05) is 11.9 Å². The number of ether oxygens (including phenoxy) is 1. The molecule has 0 fully saturated rings. The van der Waals surface area contributed by atoms with Gasteiger partial charge in [-0.15, -0.1) is 0 Å². The zero-order valence-corrected chi connectivity index (χ0v) is 25.7. The second-order valence-electron chi connectivity index (χ2n) is 11.0. The summed E-state index contributed by atoms with van der Waals surface area (Å²) in [6, 6.07) is 3.74. The second kappa shape index (κ2) is 14.7. The lowest BCUT2D eigenvalue weighted by molar-refractivity contribution is -0.145. The molecule has 0 saturated heterocycles. The van der Waals surface area contributed by atoms with E-state index in [4.69, 9.17) is 33.0 Å². The van der Waals surface area contributed by atoms with E-state index in [1.807, 2.05) is 0 Å². The van der Waals surface area contributed by atoms with Crippen molar-refractivity contribution in [3.8, 4) is 0 Å². The SMILES string of the molecule is CC(C)(C)OC(=O)NCCC(NC(=O)[C@@H]1Cc2cc(F)ccc2CN1C(=O)CCC(=O)O)C(=O)Nc1ccc(Cl)c(Cl)c1F. The Morgan fingerprint density at radius 2 is 1.77 bits per heavy atom. The number of aliphatic carboxylic acids is 1. The number of hydrogen-bond acceptors (Lipinski definition) is 6. The Kier molecular flexibility index (Phi) is 11.5. The summed E-state index contributed by atoms with van der Waals surface area (Å²) in [5, 5.41) is 15.9. The van der Waals surface area contributed by atoms with Gasteiger partial charge in [0, 0.05) is 25.9 Å².